The standard InChI is InChI=1S/C12H13BrFNO/c1-9(16)15-7-3-2-4-10-8-11(13)5-6-12(10)14/h2,4-6,8H,3,7H2,1H3,(H,15,16). The van der Waals surface area contributed by atoms with Gasteiger partial charge in [-0.3, -0.25) is 4.79 Å². The maximum atomic E-state index is 13.3. The summed E-state index contributed by atoms with van der Waals surface area (Å²) in [6.45, 7) is 2.04. The minimum Gasteiger partial charge on any atom is -0.356 e. The van der Waals surface area contributed by atoms with Gasteiger partial charge >= 0.3 is 0 Å². The number of halogens is 2. The van der Waals surface area contributed by atoms with Crippen molar-refractivity contribution in [3.05, 3.63) is 40.1 Å². The molecule has 0 atom stereocenters. The van der Waals surface area contributed by atoms with Crippen LogP contribution >= 0.6 is 15.9 Å². The fourth-order valence-electron chi connectivity index (χ4n) is 1.18. The maximum absolute atomic E-state index is 13.3. The highest BCUT2D eigenvalue weighted by atomic mass is 79.9. The molecule has 0 unspecified atom stereocenters. The van der Waals surface area contributed by atoms with Crippen LogP contribution in [0.2, 0.25) is 0 Å². The van der Waals surface area contributed by atoms with Crippen LogP contribution in [0.4, 0.5) is 4.39 Å². The average molecular weight is 286 g/mol. The Morgan fingerprint density at radius 2 is 2.31 bits per heavy atom. The summed E-state index contributed by atoms with van der Waals surface area (Å²) in [5.41, 5.74) is 0.539. The molecule has 0 heterocycles. The second kappa shape index (κ2) is 6.43. The monoisotopic (exact) mass is 285 g/mol. The molecular weight excluding hydrogens is 273 g/mol. The van der Waals surface area contributed by atoms with E-state index in [1.807, 2.05) is 6.08 Å². The fraction of sp³-hybridized carbons (Fsp3) is 0.250. The summed E-state index contributed by atoms with van der Waals surface area (Å²) in [6, 6.07) is 4.78. The lowest BCUT2D eigenvalue weighted by atomic mass is 10.2. The third-order valence-corrected chi connectivity index (χ3v) is 2.43. The zero-order valence-corrected chi connectivity index (χ0v) is 10.6. The first-order valence-corrected chi connectivity index (χ1v) is 5.75. The summed E-state index contributed by atoms with van der Waals surface area (Å²) in [5, 5.41) is 2.66. The molecule has 0 aromatic heterocycles. The average Bonchev–Trinajstić information content (AvgIpc) is 2.22. The Morgan fingerprint density at radius 3 is 3.00 bits per heavy atom. The van der Waals surface area contributed by atoms with Crippen LogP contribution in [0.15, 0.2) is 28.7 Å². The number of carbonyl (C=O) groups is 1. The minimum atomic E-state index is -0.251. The lowest BCUT2D eigenvalue weighted by Crippen LogP contribution is -2.20. The number of hydrogen-bond acceptors (Lipinski definition) is 1. The summed E-state index contributed by atoms with van der Waals surface area (Å²) < 4.78 is 14.1. The van der Waals surface area contributed by atoms with Crippen molar-refractivity contribution in [3.63, 3.8) is 0 Å². The Kier molecular flexibility index (Phi) is 5.19. The summed E-state index contributed by atoms with van der Waals surface area (Å²) in [6.07, 6.45) is 4.23. The van der Waals surface area contributed by atoms with E-state index in [9.17, 15) is 9.18 Å². The Labute approximate surface area is 103 Å². The van der Waals surface area contributed by atoms with Crippen LogP contribution in [0, 0.1) is 5.82 Å². The SMILES string of the molecule is CC(=O)NCCC=Cc1cc(Br)ccc1F. The highest BCUT2D eigenvalue weighted by molar-refractivity contribution is 9.10. The van der Waals surface area contributed by atoms with Gasteiger partial charge in [-0.1, -0.05) is 28.1 Å². The predicted octanol–water partition coefficient (Wildman–Crippen LogP) is 3.13. The van der Waals surface area contributed by atoms with E-state index in [-0.39, 0.29) is 11.7 Å². The van der Waals surface area contributed by atoms with Crippen LogP contribution in [0.1, 0.15) is 18.9 Å². The molecule has 86 valence electrons. The second-order valence-corrected chi connectivity index (χ2v) is 4.26. The smallest absolute Gasteiger partial charge is 0.216 e. The van der Waals surface area contributed by atoms with Crippen molar-refractivity contribution in [1.29, 1.82) is 0 Å². The first-order valence-electron chi connectivity index (χ1n) is 4.95. The van der Waals surface area contributed by atoms with Crippen molar-refractivity contribution in [3.8, 4) is 0 Å². The van der Waals surface area contributed by atoms with Gasteiger partial charge in [0.15, 0.2) is 0 Å². The lowest BCUT2D eigenvalue weighted by molar-refractivity contribution is -0.118. The zero-order chi connectivity index (χ0) is 12.0. The summed E-state index contributed by atoms with van der Waals surface area (Å²) >= 11 is 3.28. The first-order chi connectivity index (χ1) is 7.59. The largest absolute Gasteiger partial charge is 0.356 e. The van der Waals surface area contributed by atoms with Gasteiger partial charge in [-0.25, -0.2) is 4.39 Å². The third kappa shape index (κ3) is 4.57. The molecule has 4 heteroatoms. The molecule has 0 saturated heterocycles. The van der Waals surface area contributed by atoms with Crippen LogP contribution in [0.5, 0.6) is 0 Å². The molecular formula is C12H13BrFNO. The summed E-state index contributed by atoms with van der Waals surface area (Å²) in [7, 11) is 0. The van der Waals surface area contributed by atoms with Gasteiger partial charge < -0.3 is 5.32 Å². The molecule has 2 nitrogen and oxygen atoms in total. The van der Waals surface area contributed by atoms with E-state index in [1.54, 1.807) is 18.2 Å². The van der Waals surface area contributed by atoms with Gasteiger partial charge in [0.25, 0.3) is 0 Å². The zero-order valence-electron chi connectivity index (χ0n) is 8.97. The van der Waals surface area contributed by atoms with E-state index in [4.69, 9.17) is 0 Å². The molecule has 1 aromatic rings. The Hall–Kier alpha value is -1.16. The molecule has 0 aliphatic carbocycles. The van der Waals surface area contributed by atoms with Gasteiger partial charge in [0.2, 0.25) is 5.91 Å². The van der Waals surface area contributed by atoms with Crippen LogP contribution in [0.25, 0.3) is 6.08 Å². The lowest BCUT2D eigenvalue weighted by Gasteiger charge is -1.99. The van der Waals surface area contributed by atoms with Crippen molar-refractivity contribution in [2.45, 2.75) is 13.3 Å². The van der Waals surface area contributed by atoms with Gasteiger partial charge in [-0.15, -0.1) is 0 Å². The van der Waals surface area contributed by atoms with Gasteiger partial charge in [0.1, 0.15) is 5.82 Å². The minimum absolute atomic E-state index is 0.0537. The fourth-order valence-corrected chi connectivity index (χ4v) is 1.56. The normalized spacial score (nSPS) is 10.7. The maximum Gasteiger partial charge on any atom is 0.216 e. The van der Waals surface area contributed by atoms with Crippen molar-refractivity contribution in [2.24, 2.45) is 0 Å². The van der Waals surface area contributed by atoms with Gasteiger partial charge in [-0.05, 0) is 24.6 Å². The van der Waals surface area contributed by atoms with E-state index in [1.165, 1.54) is 13.0 Å². The molecule has 0 fully saturated rings. The van der Waals surface area contributed by atoms with Gasteiger partial charge in [0.05, 0.1) is 0 Å². The molecule has 0 radical (unpaired) electrons. The van der Waals surface area contributed by atoms with Crippen molar-refractivity contribution < 1.29 is 9.18 Å². The third-order valence-electron chi connectivity index (χ3n) is 1.94. The van der Waals surface area contributed by atoms with Gasteiger partial charge in [0, 0.05) is 23.5 Å². The number of benzene rings is 1. The van der Waals surface area contributed by atoms with Crippen molar-refractivity contribution in [2.75, 3.05) is 6.54 Å². The number of carbonyl (C=O) groups excluding carboxylic acids is 1. The van der Waals surface area contributed by atoms with Crippen molar-refractivity contribution >= 4 is 27.9 Å². The van der Waals surface area contributed by atoms with E-state index in [0.29, 0.717) is 18.5 Å². The highest BCUT2D eigenvalue weighted by Crippen LogP contribution is 2.16. The number of rotatable bonds is 4. The molecule has 16 heavy (non-hydrogen) atoms. The topological polar surface area (TPSA) is 29.1 Å². The summed E-state index contributed by atoms with van der Waals surface area (Å²) in [4.78, 5) is 10.6. The Balaban J connectivity index is 2.49. The predicted molar refractivity (Wildman–Crippen MR) is 66.4 cm³/mol. The quantitative estimate of drug-likeness (QED) is 0.846. The van der Waals surface area contributed by atoms with E-state index >= 15 is 0 Å². The molecule has 1 aromatic carbocycles. The van der Waals surface area contributed by atoms with Crippen LogP contribution in [0.3, 0.4) is 0 Å². The number of nitrogens with one attached hydrogen (secondary N) is 1. The van der Waals surface area contributed by atoms with Crippen LogP contribution in [-0.2, 0) is 4.79 Å². The van der Waals surface area contributed by atoms with Gasteiger partial charge in [-0.2, -0.15) is 0 Å². The molecule has 0 saturated carbocycles. The van der Waals surface area contributed by atoms with Crippen LogP contribution < -0.4 is 5.32 Å². The number of hydrogen-bond donors (Lipinski definition) is 1. The molecule has 0 bridgehead atoms. The second-order valence-electron chi connectivity index (χ2n) is 3.34. The highest BCUT2D eigenvalue weighted by Gasteiger charge is 1.98. The molecule has 0 aliphatic rings. The van der Waals surface area contributed by atoms with E-state index < -0.39 is 0 Å². The molecule has 1 N–H and O–H groups in total. The number of amides is 1. The molecule has 0 aliphatic heterocycles. The molecule has 1 rings (SSSR count). The van der Waals surface area contributed by atoms with E-state index in [2.05, 4.69) is 21.2 Å². The molecule has 1 amide bonds. The van der Waals surface area contributed by atoms with Crippen LogP contribution in [-0.4, -0.2) is 12.5 Å². The van der Waals surface area contributed by atoms with E-state index in [0.717, 1.165) is 4.47 Å². The first kappa shape index (κ1) is 12.9. The van der Waals surface area contributed by atoms with Crippen molar-refractivity contribution in [1.82, 2.24) is 5.32 Å². The Morgan fingerprint density at radius 1 is 1.56 bits per heavy atom. The Bertz CT molecular complexity index is 404. The molecule has 0 spiro atoms. The summed E-state index contributed by atoms with van der Waals surface area (Å²) in [5.74, 6) is -0.305.